The number of thiophene rings is 1. The molecular weight excluding hydrogens is 216 g/mol. The van der Waals surface area contributed by atoms with Gasteiger partial charge in [0.2, 0.25) is 5.89 Å². The summed E-state index contributed by atoms with van der Waals surface area (Å²) >= 11 is 1.30. The van der Waals surface area contributed by atoms with Gasteiger partial charge in [-0.1, -0.05) is 5.16 Å². The predicted molar refractivity (Wildman–Crippen MR) is 52.8 cm³/mol. The summed E-state index contributed by atoms with van der Waals surface area (Å²) in [6.45, 7) is 0. The normalized spacial score (nSPS) is 10.9. The average molecular weight is 220 g/mol. The number of hydrogen-bond acceptors (Lipinski definition) is 6. The van der Waals surface area contributed by atoms with Crippen LogP contribution in [0.15, 0.2) is 27.5 Å². The van der Waals surface area contributed by atoms with Crippen LogP contribution in [0.5, 0.6) is 0 Å². The second-order valence-electron chi connectivity index (χ2n) is 2.83. The highest BCUT2D eigenvalue weighted by atomic mass is 32.1. The molecule has 3 aromatic heterocycles. The van der Waals surface area contributed by atoms with Crippen molar-refractivity contribution in [1.29, 1.82) is 0 Å². The number of oxazole rings is 1. The molecule has 0 saturated heterocycles. The molecule has 0 atom stereocenters. The Kier molecular flexibility index (Phi) is 1.69. The van der Waals surface area contributed by atoms with Crippen molar-refractivity contribution in [2.24, 2.45) is 0 Å². The van der Waals surface area contributed by atoms with Gasteiger partial charge in [-0.15, -0.1) is 11.3 Å². The number of carbonyl (C=O) groups excluding carboxylic acids is 1. The number of aromatic nitrogens is 2. The fourth-order valence-electron chi connectivity index (χ4n) is 1.30. The van der Waals surface area contributed by atoms with Gasteiger partial charge in [-0.2, -0.15) is 0 Å². The summed E-state index contributed by atoms with van der Waals surface area (Å²) in [4.78, 5) is 15.2. The zero-order chi connectivity index (χ0) is 10.3. The third-order valence-corrected chi connectivity index (χ3v) is 2.97. The molecule has 6 heteroatoms. The van der Waals surface area contributed by atoms with Crippen molar-refractivity contribution in [3.05, 3.63) is 23.4 Å². The Labute approximate surface area is 87.3 Å². The Bertz CT molecular complexity index is 608. The number of hydrogen-bond donors (Lipinski definition) is 0. The van der Waals surface area contributed by atoms with E-state index in [9.17, 15) is 4.79 Å². The number of nitrogens with zero attached hydrogens (tertiary/aromatic N) is 2. The SMILES string of the molecule is O=Cc1cc2onc(-c3ncco3)c2s1. The highest BCUT2D eigenvalue weighted by molar-refractivity contribution is 7.20. The summed E-state index contributed by atoms with van der Waals surface area (Å²) in [5.74, 6) is 0.396. The predicted octanol–water partition coefficient (Wildman–Crippen LogP) is 2.36. The molecule has 0 saturated carbocycles. The van der Waals surface area contributed by atoms with Crippen LogP contribution in [0.25, 0.3) is 21.9 Å². The van der Waals surface area contributed by atoms with E-state index in [-0.39, 0.29) is 0 Å². The van der Waals surface area contributed by atoms with Crippen molar-refractivity contribution in [1.82, 2.24) is 10.1 Å². The number of aldehydes is 1. The Hall–Kier alpha value is -1.95. The van der Waals surface area contributed by atoms with Gasteiger partial charge in [0.05, 0.1) is 11.1 Å². The van der Waals surface area contributed by atoms with E-state index in [2.05, 4.69) is 10.1 Å². The lowest BCUT2D eigenvalue weighted by molar-refractivity contribution is 0.112. The fraction of sp³-hybridized carbons (Fsp3) is 0. The van der Waals surface area contributed by atoms with E-state index in [0.717, 1.165) is 11.0 Å². The van der Waals surface area contributed by atoms with E-state index in [1.165, 1.54) is 23.8 Å². The summed E-state index contributed by atoms with van der Waals surface area (Å²) in [6.07, 6.45) is 3.77. The van der Waals surface area contributed by atoms with Crippen molar-refractivity contribution in [2.45, 2.75) is 0 Å². The molecule has 0 bridgehead atoms. The van der Waals surface area contributed by atoms with Gasteiger partial charge in [0, 0.05) is 6.07 Å². The monoisotopic (exact) mass is 220 g/mol. The second-order valence-corrected chi connectivity index (χ2v) is 3.91. The van der Waals surface area contributed by atoms with Crippen LogP contribution in [-0.4, -0.2) is 16.4 Å². The van der Waals surface area contributed by atoms with Crippen LogP contribution < -0.4 is 0 Å². The lowest BCUT2D eigenvalue weighted by Crippen LogP contribution is -1.74. The zero-order valence-corrected chi connectivity index (χ0v) is 8.15. The van der Waals surface area contributed by atoms with Crippen molar-refractivity contribution >= 4 is 27.9 Å². The molecule has 0 aliphatic rings. The van der Waals surface area contributed by atoms with Crippen LogP contribution in [0.4, 0.5) is 0 Å². The van der Waals surface area contributed by atoms with Gasteiger partial charge in [-0.05, 0) is 0 Å². The highest BCUT2D eigenvalue weighted by Crippen LogP contribution is 2.33. The van der Waals surface area contributed by atoms with Gasteiger partial charge in [0.25, 0.3) is 0 Å². The molecule has 3 aromatic rings. The van der Waals surface area contributed by atoms with Gasteiger partial charge in [0.1, 0.15) is 11.0 Å². The summed E-state index contributed by atoms with van der Waals surface area (Å²) < 4.78 is 10.9. The van der Waals surface area contributed by atoms with E-state index < -0.39 is 0 Å². The molecule has 0 radical (unpaired) electrons. The van der Waals surface area contributed by atoms with Crippen molar-refractivity contribution in [3.63, 3.8) is 0 Å². The minimum Gasteiger partial charge on any atom is -0.443 e. The Morgan fingerprint density at radius 3 is 3.13 bits per heavy atom. The molecule has 0 unspecified atom stereocenters. The molecule has 0 N–H and O–H groups in total. The maximum absolute atomic E-state index is 10.6. The van der Waals surface area contributed by atoms with Crippen LogP contribution in [-0.2, 0) is 0 Å². The lowest BCUT2D eigenvalue weighted by atomic mass is 10.4. The van der Waals surface area contributed by atoms with Crippen molar-refractivity contribution in [3.8, 4) is 11.6 Å². The van der Waals surface area contributed by atoms with Gasteiger partial charge in [0.15, 0.2) is 17.6 Å². The molecule has 0 spiro atoms. The topological polar surface area (TPSA) is 69.1 Å². The molecule has 15 heavy (non-hydrogen) atoms. The average Bonchev–Trinajstić information content (AvgIpc) is 2.92. The molecule has 3 heterocycles. The first kappa shape index (κ1) is 8.37. The quantitative estimate of drug-likeness (QED) is 0.620. The number of rotatable bonds is 2. The minimum absolute atomic E-state index is 0.396. The molecule has 0 aliphatic carbocycles. The second kappa shape index (κ2) is 3.03. The summed E-state index contributed by atoms with van der Waals surface area (Å²) in [7, 11) is 0. The lowest BCUT2D eigenvalue weighted by Gasteiger charge is -1.83. The molecule has 0 fully saturated rings. The smallest absolute Gasteiger partial charge is 0.250 e. The van der Waals surface area contributed by atoms with Crippen LogP contribution in [0, 0.1) is 0 Å². The van der Waals surface area contributed by atoms with Gasteiger partial charge in [-0.3, -0.25) is 4.79 Å². The van der Waals surface area contributed by atoms with E-state index in [0.29, 0.717) is 22.0 Å². The third-order valence-electron chi connectivity index (χ3n) is 1.92. The highest BCUT2D eigenvalue weighted by Gasteiger charge is 2.16. The molecular formula is C9H4N2O3S. The first-order chi connectivity index (χ1) is 7.38. The zero-order valence-electron chi connectivity index (χ0n) is 7.34. The largest absolute Gasteiger partial charge is 0.443 e. The van der Waals surface area contributed by atoms with E-state index in [4.69, 9.17) is 8.94 Å². The van der Waals surface area contributed by atoms with Crippen LogP contribution in [0.1, 0.15) is 9.67 Å². The van der Waals surface area contributed by atoms with Crippen LogP contribution in [0.3, 0.4) is 0 Å². The summed E-state index contributed by atoms with van der Waals surface area (Å²) in [6, 6.07) is 1.65. The van der Waals surface area contributed by atoms with Gasteiger partial charge >= 0.3 is 0 Å². The van der Waals surface area contributed by atoms with E-state index in [1.807, 2.05) is 0 Å². The molecule has 0 amide bonds. The maximum Gasteiger partial charge on any atom is 0.250 e. The molecule has 0 aromatic carbocycles. The van der Waals surface area contributed by atoms with Crippen molar-refractivity contribution in [2.75, 3.05) is 0 Å². The Morgan fingerprint density at radius 1 is 1.47 bits per heavy atom. The summed E-state index contributed by atoms with van der Waals surface area (Å²) in [5.41, 5.74) is 1.11. The minimum atomic E-state index is 0.396. The van der Waals surface area contributed by atoms with E-state index in [1.54, 1.807) is 6.07 Å². The molecule has 5 nitrogen and oxygen atoms in total. The van der Waals surface area contributed by atoms with Gasteiger partial charge < -0.3 is 8.94 Å². The standard InChI is InChI=1S/C9H4N2O3S/c12-4-5-3-6-8(15-5)7(11-14-6)9-10-1-2-13-9/h1-4H. The Balaban J connectivity index is 2.27. The first-order valence-corrected chi connectivity index (χ1v) is 4.94. The number of fused-ring (bicyclic) bond motifs is 1. The Morgan fingerprint density at radius 2 is 2.40 bits per heavy atom. The molecule has 0 aliphatic heterocycles. The van der Waals surface area contributed by atoms with E-state index >= 15 is 0 Å². The van der Waals surface area contributed by atoms with Crippen LogP contribution >= 0.6 is 11.3 Å². The molecule has 3 rings (SSSR count). The van der Waals surface area contributed by atoms with Gasteiger partial charge in [-0.25, -0.2) is 4.98 Å². The first-order valence-electron chi connectivity index (χ1n) is 4.13. The van der Waals surface area contributed by atoms with Crippen molar-refractivity contribution < 1.29 is 13.7 Å². The fourth-order valence-corrected chi connectivity index (χ4v) is 2.16. The maximum atomic E-state index is 10.6. The molecule has 74 valence electrons. The third kappa shape index (κ3) is 1.18. The summed E-state index contributed by atoms with van der Waals surface area (Å²) in [5, 5.41) is 3.84. The number of carbonyl (C=O) groups is 1. The van der Waals surface area contributed by atoms with Crippen LogP contribution in [0.2, 0.25) is 0 Å².